The van der Waals surface area contributed by atoms with E-state index in [0.717, 1.165) is 5.56 Å². The molecule has 0 aliphatic carbocycles. The van der Waals surface area contributed by atoms with Gasteiger partial charge in [0.2, 0.25) is 0 Å². The van der Waals surface area contributed by atoms with E-state index in [1.807, 2.05) is 36.4 Å². The van der Waals surface area contributed by atoms with Crippen molar-refractivity contribution in [3.63, 3.8) is 0 Å². The van der Waals surface area contributed by atoms with Gasteiger partial charge in [-0.3, -0.25) is 4.79 Å². The van der Waals surface area contributed by atoms with Gasteiger partial charge in [-0.05, 0) is 17.7 Å². The van der Waals surface area contributed by atoms with E-state index in [4.69, 9.17) is 18.9 Å². The van der Waals surface area contributed by atoms with Crippen molar-refractivity contribution in [3.05, 3.63) is 82.2 Å². The van der Waals surface area contributed by atoms with Crippen molar-refractivity contribution in [2.75, 3.05) is 13.7 Å². The topological polar surface area (TPSA) is 115 Å². The molecule has 2 aromatic rings. The second-order valence-corrected chi connectivity index (χ2v) is 7.02. The fourth-order valence-electron chi connectivity index (χ4n) is 3.75. The molecule has 2 aliphatic rings. The first-order chi connectivity index (χ1) is 14.7. The summed E-state index contributed by atoms with van der Waals surface area (Å²) in [7, 11) is 1.47. The molecular weight excluding hydrogens is 388 g/mol. The van der Waals surface area contributed by atoms with Crippen LogP contribution in [0.4, 0.5) is 0 Å². The van der Waals surface area contributed by atoms with Crippen LogP contribution >= 0.6 is 0 Å². The van der Waals surface area contributed by atoms with E-state index in [0.29, 0.717) is 5.56 Å². The molecular formula is C21H22N4O5. The zero-order valence-corrected chi connectivity index (χ0v) is 16.3. The highest BCUT2D eigenvalue weighted by Gasteiger charge is 2.50. The maximum atomic E-state index is 12.7. The Balaban J connectivity index is 1.59. The van der Waals surface area contributed by atoms with Gasteiger partial charge in [-0.15, -0.1) is 0 Å². The Morgan fingerprint density at radius 2 is 1.83 bits per heavy atom. The average molecular weight is 410 g/mol. The number of rotatable bonds is 5. The van der Waals surface area contributed by atoms with Crippen molar-refractivity contribution < 1.29 is 23.7 Å². The summed E-state index contributed by atoms with van der Waals surface area (Å²) >= 11 is 0. The maximum absolute atomic E-state index is 12.7. The van der Waals surface area contributed by atoms with Crippen molar-refractivity contribution in [3.8, 4) is 0 Å². The summed E-state index contributed by atoms with van der Waals surface area (Å²) in [6.07, 6.45) is -2.57. The van der Waals surface area contributed by atoms with Gasteiger partial charge in [0.1, 0.15) is 12.2 Å². The van der Waals surface area contributed by atoms with E-state index >= 15 is 0 Å². The van der Waals surface area contributed by atoms with Crippen LogP contribution < -0.4 is 5.32 Å². The van der Waals surface area contributed by atoms with Crippen molar-refractivity contribution in [1.82, 2.24) is 5.32 Å². The normalized spacial score (nSPS) is 30.6. The lowest BCUT2D eigenvalue weighted by Gasteiger charge is -2.48. The van der Waals surface area contributed by atoms with Crippen LogP contribution in [-0.4, -0.2) is 50.2 Å². The van der Waals surface area contributed by atoms with E-state index in [9.17, 15) is 10.3 Å². The Morgan fingerprint density at radius 3 is 2.50 bits per heavy atom. The molecule has 0 spiro atoms. The molecule has 6 atom stereocenters. The highest BCUT2D eigenvalue weighted by Crippen LogP contribution is 2.35. The number of ether oxygens (including phenoxy) is 4. The van der Waals surface area contributed by atoms with Crippen LogP contribution in [0.25, 0.3) is 10.4 Å². The molecule has 2 aromatic carbocycles. The van der Waals surface area contributed by atoms with Gasteiger partial charge in [0.15, 0.2) is 12.6 Å². The van der Waals surface area contributed by atoms with Crippen LogP contribution in [0, 0.1) is 0 Å². The summed E-state index contributed by atoms with van der Waals surface area (Å²) in [5.74, 6) is -0.325. The van der Waals surface area contributed by atoms with E-state index in [1.54, 1.807) is 24.3 Å². The molecule has 4 rings (SSSR count). The van der Waals surface area contributed by atoms with E-state index < -0.39 is 36.9 Å². The van der Waals surface area contributed by atoms with Gasteiger partial charge >= 0.3 is 0 Å². The molecule has 9 heteroatoms. The summed E-state index contributed by atoms with van der Waals surface area (Å²) in [4.78, 5) is 15.7. The Morgan fingerprint density at radius 1 is 1.13 bits per heavy atom. The quantitative estimate of drug-likeness (QED) is 0.462. The Hall–Kier alpha value is -2.94. The zero-order chi connectivity index (χ0) is 20.9. The van der Waals surface area contributed by atoms with Crippen LogP contribution in [0.2, 0.25) is 0 Å². The summed E-state index contributed by atoms with van der Waals surface area (Å²) in [5, 5.41) is 6.83. The fourth-order valence-corrected chi connectivity index (χ4v) is 3.75. The summed E-state index contributed by atoms with van der Waals surface area (Å²) in [5.41, 5.74) is 10.5. The number of amides is 1. The third-order valence-electron chi connectivity index (χ3n) is 5.19. The maximum Gasteiger partial charge on any atom is 0.251 e. The van der Waals surface area contributed by atoms with Gasteiger partial charge in [-0.25, -0.2) is 0 Å². The van der Waals surface area contributed by atoms with Crippen molar-refractivity contribution in [2.24, 2.45) is 5.11 Å². The third kappa shape index (κ3) is 4.16. The third-order valence-corrected chi connectivity index (χ3v) is 5.19. The Bertz CT molecular complexity index is 906. The van der Waals surface area contributed by atoms with Gasteiger partial charge in [-0.1, -0.05) is 53.6 Å². The van der Waals surface area contributed by atoms with Crippen molar-refractivity contribution in [2.45, 2.75) is 36.9 Å². The number of nitrogens with zero attached hydrogens (tertiary/aromatic N) is 3. The minimum Gasteiger partial charge on any atom is -0.354 e. The van der Waals surface area contributed by atoms with Crippen molar-refractivity contribution in [1.29, 1.82) is 0 Å². The van der Waals surface area contributed by atoms with E-state index in [2.05, 4.69) is 15.3 Å². The molecule has 2 heterocycles. The molecule has 0 radical (unpaired) electrons. The summed E-state index contributed by atoms with van der Waals surface area (Å²) < 4.78 is 23.4. The Labute approximate surface area is 173 Å². The first-order valence-electron chi connectivity index (χ1n) is 9.61. The molecule has 1 amide bonds. The lowest BCUT2D eigenvalue weighted by Crippen LogP contribution is -2.66. The first-order valence-corrected chi connectivity index (χ1v) is 9.61. The van der Waals surface area contributed by atoms with Gasteiger partial charge in [0.05, 0.1) is 18.7 Å². The molecule has 0 saturated carbocycles. The number of benzene rings is 2. The number of azide groups is 1. The molecule has 1 N–H and O–H groups in total. The van der Waals surface area contributed by atoms with Gasteiger partial charge in [0, 0.05) is 23.1 Å². The number of nitrogens with one attached hydrogen (secondary N) is 1. The molecule has 2 aliphatic heterocycles. The lowest BCUT2D eigenvalue weighted by molar-refractivity contribution is -0.322. The number of fused-ring (bicyclic) bond motifs is 1. The van der Waals surface area contributed by atoms with Crippen molar-refractivity contribution >= 4 is 5.91 Å². The molecule has 2 saturated heterocycles. The van der Waals surface area contributed by atoms with Gasteiger partial charge in [0.25, 0.3) is 5.91 Å². The molecule has 2 fully saturated rings. The SMILES string of the molecule is COC1OC2COC(c3ccccc3)OC2C(N=[N+]=[N-])C1NC(=O)c1ccccc1. The lowest BCUT2D eigenvalue weighted by atomic mass is 9.93. The largest absolute Gasteiger partial charge is 0.354 e. The zero-order valence-electron chi connectivity index (χ0n) is 16.3. The number of hydrogen-bond acceptors (Lipinski definition) is 6. The Kier molecular flexibility index (Phi) is 6.27. The highest BCUT2D eigenvalue weighted by atomic mass is 16.7. The minimum absolute atomic E-state index is 0.237. The smallest absolute Gasteiger partial charge is 0.251 e. The molecule has 9 nitrogen and oxygen atoms in total. The highest BCUT2D eigenvalue weighted by molar-refractivity contribution is 5.94. The minimum atomic E-state index is -0.824. The second-order valence-electron chi connectivity index (χ2n) is 7.02. The van der Waals surface area contributed by atoms with Gasteiger partial charge < -0.3 is 24.3 Å². The average Bonchev–Trinajstić information content (AvgIpc) is 2.81. The number of methoxy groups -OCH3 is 1. The monoisotopic (exact) mass is 410 g/mol. The van der Waals surface area contributed by atoms with Gasteiger partial charge in [-0.2, -0.15) is 0 Å². The van der Waals surface area contributed by atoms with Crippen LogP contribution in [0.5, 0.6) is 0 Å². The van der Waals surface area contributed by atoms with Crippen LogP contribution in [-0.2, 0) is 18.9 Å². The molecule has 0 aromatic heterocycles. The van der Waals surface area contributed by atoms with E-state index in [1.165, 1.54) is 7.11 Å². The summed E-state index contributed by atoms with van der Waals surface area (Å²) in [6, 6.07) is 16.7. The fraction of sp³-hybridized carbons (Fsp3) is 0.381. The van der Waals surface area contributed by atoms with Crippen LogP contribution in [0.15, 0.2) is 65.8 Å². The molecule has 6 unspecified atom stereocenters. The second kappa shape index (κ2) is 9.25. The first kappa shape index (κ1) is 20.3. The molecule has 156 valence electrons. The van der Waals surface area contributed by atoms with Crippen LogP contribution in [0.3, 0.4) is 0 Å². The standard InChI is InChI=1S/C21H22N4O5/c1-27-21-17(23-19(26)13-8-4-2-5-9-13)16(24-25-22)18-15(29-21)12-28-20(30-18)14-10-6-3-7-11-14/h2-11,15-18,20-21H,12H2,1H3,(H,23,26). The molecule has 0 bridgehead atoms. The number of hydrogen-bond donors (Lipinski definition) is 1. The number of carbonyl (C=O) groups excluding carboxylic acids is 1. The van der Waals surface area contributed by atoms with E-state index in [-0.39, 0.29) is 12.5 Å². The summed E-state index contributed by atoms with van der Waals surface area (Å²) in [6.45, 7) is 0.237. The van der Waals surface area contributed by atoms with Crippen LogP contribution in [0.1, 0.15) is 22.2 Å². The molecule has 30 heavy (non-hydrogen) atoms. The predicted octanol–water partition coefficient (Wildman–Crippen LogP) is 2.95. The number of carbonyl (C=O) groups is 1. The predicted molar refractivity (Wildman–Crippen MR) is 106 cm³/mol.